The standard InChI is InChI=1S/C3H7ClO4S.C3H8O2.Cl2O2S/c1-7-2-3-8-9(4,5)6;1-5-3-2-4;1-5(2,3)4/h2-3H2,1H3;4H,2-3H2,1H3;. The fraction of sp³-hybridized carbons (Fsp3) is 1.00. The van der Waals surface area contributed by atoms with Crippen LogP contribution in [-0.2, 0) is 31.3 Å². The van der Waals surface area contributed by atoms with Gasteiger partial charge in [-0.05, 0) is 0 Å². The van der Waals surface area contributed by atoms with Crippen molar-refractivity contribution >= 4 is 49.6 Å². The Kier molecular flexibility index (Phi) is 19.4. The van der Waals surface area contributed by atoms with Gasteiger partial charge in [0.05, 0.1) is 26.4 Å². The molecule has 0 aliphatic heterocycles. The second kappa shape index (κ2) is 15.0. The number of aliphatic hydroxyl groups is 1. The van der Waals surface area contributed by atoms with Crippen LogP contribution in [0, 0.1) is 0 Å². The molecule has 0 aliphatic rings. The maximum atomic E-state index is 9.99. The second-order valence-electron chi connectivity index (χ2n) is 2.30. The Morgan fingerprint density at radius 1 is 0.895 bits per heavy atom. The van der Waals surface area contributed by atoms with Gasteiger partial charge >= 0.3 is 17.6 Å². The quantitative estimate of drug-likeness (QED) is 0.518. The average Bonchev–Trinajstić information content (AvgIpc) is 2.15. The highest BCUT2D eigenvalue weighted by Gasteiger charge is 2.02. The molecule has 0 atom stereocenters. The van der Waals surface area contributed by atoms with Gasteiger partial charge in [-0.3, -0.25) is 4.18 Å². The van der Waals surface area contributed by atoms with E-state index in [1.807, 2.05) is 0 Å². The molecule has 0 aliphatic carbocycles. The van der Waals surface area contributed by atoms with Gasteiger partial charge in [-0.25, -0.2) is 0 Å². The molecule has 0 radical (unpaired) electrons. The molecule has 0 aromatic carbocycles. The van der Waals surface area contributed by atoms with Gasteiger partial charge in [0.15, 0.2) is 0 Å². The summed E-state index contributed by atoms with van der Waals surface area (Å²) < 4.78 is 51.3. The molecule has 0 amide bonds. The van der Waals surface area contributed by atoms with Crippen LogP contribution in [0.2, 0.25) is 0 Å². The van der Waals surface area contributed by atoms with E-state index >= 15 is 0 Å². The SMILES string of the molecule is COCCO.COCCOS(=O)(=O)Cl.O=S(=O)(Cl)Cl. The molecule has 0 saturated heterocycles. The molecular weight excluding hydrogens is 371 g/mol. The smallest absolute Gasteiger partial charge is 0.355 e. The van der Waals surface area contributed by atoms with E-state index in [1.165, 1.54) is 7.11 Å². The molecular formula is C6H15Cl3O8S2. The van der Waals surface area contributed by atoms with E-state index in [-0.39, 0.29) is 19.8 Å². The van der Waals surface area contributed by atoms with Crippen molar-refractivity contribution in [2.45, 2.75) is 0 Å². The number of hydrogen-bond acceptors (Lipinski definition) is 8. The van der Waals surface area contributed by atoms with E-state index in [9.17, 15) is 8.42 Å². The number of hydrogen-bond donors (Lipinski definition) is 1. The van der Waals surface area contributed by atoms with Gasteiger partial charge in [-0.2, -0.15) is 16.8 Å². The fourth-order valence-electron chi connectivity index (χ4n) is 0.308. The largest absolute Gasteiger partial charge is 0.394 e. The summed E-state index contributed by atoms with van der Waals surface area (Å²) in [5.41, 5.74) is 0. The zero-order chi connectivity index (χ0) is 15.9. The molecule has 120 valence electrons. The first-order valence-electron chi connectivity index (χ1n) is 4.29. The van der Waals surface area contributed by atoms with Gasteiger partial charge in [0.2, 0.25) is 0 Å². The van der Waals surface area contributed by atoms with Crippen molar-refractivity contribution < 1.29 is 35.6 Å². The Morgan fingerprint density at radius 3 is 1.42 bits per heavy atom. The molecule has 0 spiro atoms. The summed E-state index contributed by atoms with van der Waals surface area (Å²) >= 11 is 0. The van der Waals surface area contributed by atoms with Crippen molar-refractivity contribution in [2.75, 3.05) is 40.6 Å². The molecule has 0 bridgehead atoms. The van der Waals surface area contributed by atoms with Crippen LogP contribution in [0.4, 0.5) is 0 Å². The van der Waals surface area contributed by atoms with Crippen LogP contribution in [0.25, 0.3) is 0 Å². The summed E-state index contributed by atoms with van der Waals surface area (Å²) in [6.07, 6.45) is 0. The Hall–Kier alpha value is 0.610. The number of methoxy groups -OCH3 is 2. The van der Waals surface area contributed by atoms with Crippen LogP contribution < -0.4 is 0 Å². The molecule has 19 heavy (non-hydrogen) atoms. The first-order valence-corrected chi connectivity index (χ1v) is 9.66. The van der Waals surface area contributed by atoms with E-state index in [0.717, 1.165) is 0 Å². The lowest BCUT2D eigenvalue weighted by Gasteiger charge is -1.95. The van der Waals surface area contributed by atoms with Gasteiger partial charge in [-0.15, -0.1) is 0 Å². The van der Waals surface area contributed by atoms with Crippen molar-refractivity contribution in [3.63, 3.8) is 0 Å². The molecule has 0 unspecified atom stereocenters. The Labute approximate surface area is 126 Å². The van der Waals surface area contributed by atoms with Crippen LogP contribution in [0.15, 0.2) is 0 Å². The number of aliphatic hydroxyl groups excluding tert-OH is 1. The van der Waals surface area contributed by atoms with Crippen LogP contribution in [0.1, 0.15) is 0 Å². The van der Waals surface area contributed by atoms with Gasteiger partial charge in [-0.1, -0.05) is 0 Å². The van der Waals surface area contributed by atoms with Crippen molar-refractivity contribution in [1.29, 1.82) is 0 Å². The molecule has 1 N–H and O–H groups in total. The lowest BCUT2D eigenvalue weighted by molar-refractivity contribution is 0.135. The van der Waals surface area contributed by atoms with E-state index < -0.39 is 17.6 Å². The summed E-state index contributed by atoms with van der Waals surface area (Å²) in [7, 11) is 8.66. The minimum atomic E-state index is -3.80. The first kappa shape index (κ1) is 24.6. The number of ether oxygens (including phenoxy) is 2. The summed E-state index contributed by atoms with van der Waals surface area (Å²) in [6, 6.07) is 0. The Bertz CT molecular complexity index is 358. The average molecular weight is 386 g/mol. The summed E-state index contributed by atoms with van der Waals surface area (Å²) in [6.45, 7) is 0.741. The zero-order valence-corrected chi connectivity index (χ0v) is 14.0. The van der Waals surface area contributed by atoms with Crippen LogP contribution in [0.5, 0.6) is 0 Å². The van der Waals surface area contributed by atoms with E-state index in [1.54, 1.807) is 7.11 Å². The van der Waals surface area contributed by atoms with Gasteiger partial charge in [0.1, 0.15) is 0 Å². The summed E-state index contributed by atoms with van der Waals surface area (Å²) in [4.78, 5) is 0. The fourth-order valence-corrected chi connectivity index (χ4v) is 0.764. The van der Waals surface area contributed by atoms with Crippen LogP contribution in [0.3, 0.4) is 0 Å². The monoisotopic (exact) mass is 384 g/mol. The van der Waals surface area contributed by atoms with Gasteiger partial charge in [0, 0.05) is 46.3 Å². The first-order chi connectivity index (χ1) is 8.47. The van der Waals surface area contributed by atoms with E-state index in [4.69, 9.17) is 13.5 Å². The van der Waals surface area contributed by atoms with Gasteiger partial charge in [0.25, 0.3) is 0 Å². The molecule has 0 fully saturated rings. The third kappa shape index (κ3) is 69.3. The topological polar surface area (TPSA) is 116 Å². The molecule has 0 heterocycles. The maximum Gasteiger partial charge on any atom is 0.355 e. The molecule has 0 rings (SSSR count). The highest BCUT2D eigenvalue weighted by Crippen LogP contribution is 1.98. The minimum Gasteiger partial charge on any atom is -0.394 e. The number of rotatable bonds is 6. The lowest BCUT2D eigenvalue weighted by atomic mass is 10.8. The van der Waals surface area contributed by atoms with Crippen molar-refractivity contribution in [2.24, 2.45) is 0 Å². The zero-order valence-electron chi connectivity index (χ0n) is 10.1. The van der Waals surface area contributed by atoms with Crippen molar-refractivity contribution in [1.82, 2.24) is 0 Å². The maximum absolute atomic E-state index is 9.99. The highest BCUT2D eigenvalue weighted by molar-refractivity contribution is 8.31. The predicted octanol–water partition coefficient (Wildman–Crippen LogP) is 0.467. The molecule has 0 aromatic rings. The van der Waals surface area contributed by atoms with Crippen molar-refractivity contribution in [3.8, 4) is 0 Å². The van der Waals surface area contributed by atoms with Crippen LogP contribution in [-0.4, -0.2) is 62.6 Å². The minimum absolute atomic E-state index is 0.0394. The molecule has 13 heteroatoms. The summed E-state index contributed by atoms with van der Waals surface area (Å²) in [5.74, 6) is 0. The van der Waals surface area contributed by atoms with Crippen molar-refractivity contribution in [3.05, 3.63) is 0 Å². The second-order valence-corrected chi connectivity index (χ2v) is 8.13. The molecule has 8 nitrogen and oxygen atoms in total. The predicted molar refractivity (Wildman–Crippen MR) is 72.2 cm³/mol. The van der Waals surface area contributed by atoms with Crippen LogP contribution >= 0.6 is 32.0 Å². The van der Waals surface area contributed by atoms with E-state index in [0.29, 0.717) is 6.61 Å². The molecule has 0 aromatic heterocycles. The molecule has 0 saturated carbocycles. The summed E-state index contributed by atoms with van der Waals surface area (Å²) in [5, 5.41) is 7.94. The third-order valence-electron chi connectivity index (χ3n) is 0.807. The van der Waals surface area contributed by atoms with E-state index in [2.05, 4.69) is 45.7 Å². The number of halogens is 3. The Morgan fingerprint density at radius 2 is 1.26 bits per heavy atom. The Balaban J connectivity index is -0.000000219. The third-order valence-corrected chi connectivity index (χ3v) is 1.52. The highest BCUT2D eigenvalue weighted by atomic mass is 36.0. The lowest BCUT2D eigenvalue weighted by Crippen LogP contribution is -2.04. The normalized spacial score (nSPS) is 10.8. The van der Waals surface area contributed by atoms with Gasteiger partial charge < -0.3 is 14.6 Å².